The molecule has 4 nitrogen and oxygen atoms in total. The maximum Gasteiger partial charge on any atom is 0.312 e. The SMILES string of the molecule is O=[N+]([O-])c1cc(Br)ccc1OCC1(CBr)CCCCC1. The zero-order valence-electron chi connectivity index (χ0n) is 11.1. The second kappa shape index (κ2) is 6.89. The first-order valence-corrected chi connectivity index (χ1v) is 8.60. The third-order valence-electron chi connectivity index (χ3n) is 3.85. The number of halogens is 2. The van der Waals surface area contributed by atoms with Gasteiger partial charge in [-0.05, 0) is 25.0 Å². The molecule has 0 aliphatic heterocycles. The minimum Gasteiger partial charge on any atom is -0.486 e. The van der Waals surface area contributed by atoms with Crippen molar-refractivity contribution in [3.63, 3.8) is 0 Å². The average molecular weight is 407 g/mol. The Hall–Kier alpha value is -0.620. The number of nitro groups is 1. The van der Waals surface area contributed by atoms with Crippen LogP contribution in [0.5, 0.6) is 5.75 Å². The fourth-order valence-electron chi connectivity index (χ4n) is 2.60. The van der Waals surface area contributed by atoms with E-state index in [1.54, 1.807) is 12.1 Å². The highest BCUT2D eigenvalue weighted by atomic mass is 79.9. The number of hydrogen-bond acceptors (Lipinski definition) is 3. The third-order valence-corrected chi connectivity index (χ3v) is 5.53. The van der Waals surface area contributed by atoms with Crippen LogP contribution in [0.2, 0.25) is 0 Å². The number of hydrogen-bond donors (Lipinski definition) is 0. The summed E-state index contributed by atoms with van der Waals surface area (Å²) < 4.78 is 6.48. The molecule has 0 heterocycles. The highest BCUT2D eigenvalue weighted by molar-refractivity contribution is 9.10. The summed E-state index contributed by atoms with van der Waals surface area (Å²) >= 11 is 6.83. The van der Waals surface area contributed by atoms with E-state index in [0.717, 1.165) is 18.2 Å². The monoisotopic (exact) mass is 405 g/mol. The Balaban J connectivity index is 2.11. The number of nitro benzene ring substituents is 1. The summed E-state index contributed by atoms with van der Waals surface area (Å²) in [6.45, 7) is 0.528. The molecular formula is C14H17Br2NO3. The maximum absolute atomic E-state index is 11.1. The lowest BCUT2D eigenvalue weighted by molar-refractivity contribution is -0.386. The van der Waals surface area contributed by atoms with Crippen molar-refractivity contribution in [3.8, 4) is 5.75 Å². The Morgan fingerprint density at radius 1 is 1.30 bits per heavy atom. The van der Waals surface area contributed by atoms with Crippen molar-refractivity contribution in [3.05, 3.63) is 32.8 Å². The minimum atomic E-state index is -0.401. The van der Waals surface area contributed by atoms with Crippen LogP contribution in [0.25, 0.3) is 0 Å². The van der Waals surface area contributed by atoms with Crippen LogP contribution in [-0.4, -0.2) is 16.9 Å². The van der Waals surface area contributed by atoms with E-state index in [1.807, 2.05) is 0 Å². The minimum absolute atomic E-state index is 0.0138. The van der Waals surface area contributed by atoms with Gasteiger partial charge in [-0.15, -0.1) is 0 Å². The standard InChI is InChI=1S/C14H17Br2NO3/c15-9-14(6-2-1-3-7-14)10-20-13-5-4-11(16)8-12(13)17(18)19/h4-5,8H,1-3,6-7,9-10H2. The normalized spacial score (nSPS) is 17.7. The molecule has 0 radical (unpaired) electrons. The van der Waals surface area contributed by atoms with E-state index in [2.05, 4.69) is 31.9 Å². The molecule has 1 aromatic rings. The van der Waals surface area contributed by atoms with Crippen LogP contribution >= 0.6 is 31.9 Å². The highest BCUT2D eigenvalue weighted by Gasteiger charge is 2.32. The van der Waals surface area contributed by atoms with Gasteiger partial charge >= 0.3 is 5.69 Å². The molecule has 0 unspecified atom stereocenters. The molecule has 1 saturated carbocycles. The summed E-state index contributed by atoms with van der Waals surface area (Å²) in [7, 11) is 0. The van der Waals surface area contributed by atoms with Crippen molar-refractivity contribution in [2.24, 2.45) is 5.41 Å². The molecule has 0 atom stereocenters. The van der Waals surface area contributed by atoms with Crippen molar-refractivity contribution in [1.29, 1.82) is 0 Å². The van der Waals surface area contributed by atoms with Crippen molar-refractivity contribution in [2.75, 3.05) is 11.9 Å². The Morgan fingerprint density at radius 3 is 2.60 bits per heavy atom. The van der Waals surface area contributed by atoms with Gasteiger partial charge < -0.3 is 4.74 Å². The van der Waals surface area contributed by atoms with Crippen molar-refractivity contribution >= 4 is 37.5 Å². The van der Waals surface area contributed by atoms with Crippen molar-refractivity contribution in [2.45, 2.75) is 32.1 Å². The molecule has 0 spiro atoms. The van der Waals surface area contributed by atoms with E-state index in [4.69, 9.17) is 4.74 Å². The van der Waals surface area contributed by atoms with Gasteiger partial charge in [-0.1, -0.05) is 51.1 Å². The van der Waals surface area contributed by atoms with Crippen LogP contribution in [0.1, 0.15) is 32.1 Å². The van der Waals surface area contributed by atoms with Gasteiger partial charge in [-0.3, -0.25) is 10.1 Å². The number of ether oxygens (including phenoxy) is 1. The molecule has 1 aliphatic rings. The number of benzene rings is 1. The van der Waals surface area contributed by atoms with Gasteiger partial charge in [-0.2, -0.15) is 0 Å². The second-order valence-corrected chi connectivity index (χ2v) is 6.83. The Labute approximate surface area is 135 Å². The molecule has 0 aromatic heterocycles. The van der Waals surface area contributed by atoms with Gasteiger partial charge in [-0.25, -0.2) is 0 Å². The van der Waals surface area contributed by atoms with Gasteiger partial charge in [0, 0.05) is 21.3 Å². The van der Waals surface area contributed by atoms with Crippen molar-refractivity contribution in [1.82, 2.24) is 0 Å². The molecule has 1 fully saturated rings. The first-order valence-electron chi connectivity index (χ1n) is 6.69. The average Bonchev–Trinajstić information content (AvgIpc) is 2.47. The molecule has 0 bridgehead atoms. The molecule has 1 aliphatic carbocycles. The molecular weight excluding hydrogens is 390 g/mol. The summed E-state index contributed by atoms with van der Waals surface area (Å²) in [5.74, 6) is 0.351. The summed E-state index contributed by atoms with van der Waals surface area (Å²) in [5, 5.41) is 11.9. The Bertz CT molecular complexity index is 487. The van der Waals surface area contributed by atoms with Crippen LogP contribution < -0.4 is 4.74 Å². The lowest BCUT2D eigenvalue weighted by Crippen LogP contribution is -2.32. The van der Waals surface area contributed by atoms with E-state index >= 15 is 0 Å². The molecule has 20 heavy (non-hydrogen) atoms. The van der Waals surface area contributed by atoms with E-state index in [-0.39, 0.29) is 11.1 Å². The maximum atomic E-state index is 11.1. The van der Waals surface area contributed by atoms with E-state index < -0.39 is 4.92 Å². The molecule has 0 N–H and O–H groups in total. The molecule has 0 saturated heterocycles. The molecule has 2 rings (SSSR count). The Morgan fingerprint density at radius 2 is 2.00 bits per heavy atom. The van der Waals surface area contributed by atoms with Gasteiger partial charge in [0.2, 0.25) is 0 Å². The largest absolute Gasteiger partial charge is 0.486 e. The second-order valence-electron chi connectivity index (χ2n) is 5.35. The zero-order chi connectivity index (χ0) is 14.6. The third kappa shape index (κ3) is 3.73. The van der Waals surface area contributed by atoms with Gasteiger partial charge in [0.05, 0.1) is 11.5 Å². The Kier molecular flexibility index (Phi) is 5.43. The lowest BCUT2D eigenvalue weighted by atomic mass is 9.76. The summed E-state index contributed by atoms with van der Waals surface area (Å²) in [4.78, 5) is 10.7. The fourth-order valence-corrected chi connectivity index (χ4v) is 3.68. The van der Waals surface area contributed by atoms with Gasteiger partial charge in [0.15, 0.2) is 5.75 Å². The first-order chi connectivity index (χ1) is 9.56. The number of rotatable bonds is 5. The van der Waals surface area contributed by atoms with Crippen LogP contribution in [0.3, 0.4) is 0 Å². The quantitative estimate of drug-likeness (QED) is 0.389. The first kappa shape index (κ1) is 15.8. The van der Waals surface area contributed by atoms with Crippen LogP contribution in [0.15, 0.2) is 22.7 Å². The topological polar surface area (TPSA) is 52.4 Å². The van der Waals surface area contributed by atoms with Gasteiger partial charge in [0.25, 0.3) is 0 Å². The van der Waals surface area contributed by atoms with E-state index in [1.165, 1.54) is 25.3 Å². The number of nitrogens with zero attached hydrogens (tertiary/aromatic N) is 1. The summed E-state index contributed by atoms with van der Waals surface area (Å²) in [6, 6.07) is 4.91. The smallest absolute Gasteiger partial charge is 0.312 e. The zero-order valence-corrected chi connectivity index (χ0v) is 14.3. The van der Waals surface area contributed by atoms with Crippen LogP contribution in [0.4, 0.5) is 5.69 Å². The lowest BCUT2D eigenvalue weighted by Gasteiger charge is -2.35. The van der Waals surface area contributed by atoms with Crippen LogP contribution in [0, 0.1) is 15.5 Å². The van der Waals surface area contributed by atoms with E-state index in [9.17, 15) is 10.1 Å². The van der Waals surface area contributed by atoms with Crippen molar-refractivity contribution < 1.29 is 9.66 Å². The molecule has 6 heteroatoms. The van der Waals surface area contributed by atoms with Crippen LogP contribution in [-0.2, 0) is 0 Å². The predicted molar refractivity (Wildman–Crippen MR) is 85.6 cm³/mol. The summed E-state index contributed by atoms with van der Waals surface area (Å²) in [6.07, 6.45) is 5.91. The molecule has 1 aromatic carbocycles. The molecule has 110 valence electrons. The fraction of sp³-hybridized carbons (Fsp3) is 0.571. The molecule has 0 amide bonds. The van der Waals surface area contributed by atoms with Gasteiger partial charge in [0.1, 0.15) is 0 Å². The van der Waals surface area contributed by atoms with E-state index in [0.29, 0.717) is 16.8 Å². The summed E-state index contributed by atoms with van der Waals surface area (Å²) in [5.41, 5.74) is 0.124. The highest BCUT2D eigenvalue weighted by Crippen LogP contribution is 2.39. The predicted octanol–water partition coefficient (Wildman–Crippen LogP) is 5.08. The number of alkyl halides is 1.